The molecule has 0 aliphatic heterocycles. The lowest BCUT2D eigenvalue weighted by atomic mass is 10.1. The third-order valence-corrected chi connectivity index (χ3v) is 3.20. The number of nitrogens with zero attached hydrogens (tertiary/aromatic N) is 3. The summed E-state index contributed by atoms with van der Waals surface area (Å²) in [6.07, 6.45) is 2.67. The second-order valence-corrected chi connectivity index (χ2v) is 4.63. The van der Waals surface area contributed by atoms with Crippen molar-refractivity contribution in [3.63, 3.8) is 0 Å². The van der Waals surface area contributed by atoms with Crippen LogP contribution < -0.4 is 0 Å². The summed E-state index contributed by atoms with van der Waals surface area (Å²) >= 11 is 3.28. The molecule has 1 heterocycles. The number of hydrogen-bond donors (Lipinski definition) is 1. The molecule has 1 aromatic carbocycles. The number of aromatic carboxylic acids is 1. The predicted molar refractivity (Wildman–Crippen MR) is 69.1 cm³/mol. The Morgan fingerprint density at radius 1 is 1.53 bits per heavy atom. The Morgan fingerprint density at radius 3 is 2.79 bits per heavy atom. The van der Waals surface area contributed by atoms with Crippen molar-refractivity contribution in [3.05, 3.63) is 56.4 Å². The molecule has 8 heteroatoms. The molecule has 1 aromatic heterocycles. The minimum Gasteiger partial charge on any atom is -0.478 e. The summed E-state index contributed by atoms with van der Waals surface area (Å²) < 4.78 is 2.18. The van der Waals surface area contributed by atoms with Crippen molar-refractivity contribution in [2.45, 2.75) is 6.54 Å². The van der Waals surface area contributed by atoms with E-state index in [2.05, 4.69) is 20.9 Å². The molecule has 0 unspecified atom stereocenters. The van der Waals surface area contributed by atoms with Crippen molar-refractivity contribution in [2.75, 3.05) is 0 Å². The smallest absolute Gasteiger partial charge is 0.381 e. The molecule has 1 N–H and O–H groups in total. The zero-order valence-corrected chi connectivity index (χ0v) is 11.1. The molecule has 0 bridgehead atoms. The van der Waals surface area contributed by atoms with Gasteiger partial charge in [0.1, 0.15) is 6.20 Å². The van der Waals surface area contributed by atoms with Crippen LogP contribution in [0, 0.1) is 10.1 Å². The molecular weight excluding hydrogens is 318 g/mol. The number of carboxylic acid groups (broad SMARTS) is 1. The molecule has 0 spiro atoms. The molecule has 0 saturated heterocycles. The Balaban J connectivity index is 2.23. The average Bonchev–Trinajstić information content (AvgIpc) is 2.80. The number of rotatable bonds is 4. The molecule has 7 nitrogen and oxygen atoms in total. The fourth-order valence-corrected chi connectivity index (χ4v) is 2.04. The van der Waals surface area contributed by atoms with Gasteiger partial charge in [-0.15, -0.1) is 0 Å². The van der Waals surface area contributed by atoms with Crippen LogP contribution in [0.2, 0.25) is 0 Å². The fraction of sp³-hybridized carbons (Fsp3) is 0.0909. The van der Waals surface area contributed by atoms with Gasteiger partial charge >= 0.3 is 11.8 Å². The molecule has 0 aliphatic carbocycles. The summed E-state index contributed by atoms with van der Waals surface area (Å²) in [5.74, 6) is -1.23. The maximum Gasteiger partial charge on any atom is 0.381 e. The van der Waals surface area contributed by atoms with Gasteiger partial charge in [0.25, 0.3) is 0 Å². The van der Waals surface area contributed by atoms with E-state index >= 15 is 0 Å². The van der Waals surface area contributed by atoms with Crippen LogP contribution in [0.5, 0.6) is 0 Å². The second-order valence-electron chi connectivity index (χ2n) is 3.77. The van der Waals surface area contributed by atoms with Gasteiger partial charge in [-0.1, -0.05) is 22.0 Å². The minimum atomic E-state index is -1.01. The highest BCUT2D eigenvalue weighted by Gasteiger charge is 2.12. The lowest BCUT2D eigenvalue weighted by molar-refractivity contribution is -0.389. The Kier molecular flexibility index (Phi) is 3.61. The molecule has 0 amide bonds. The van der Waals surface area contributed by atoms with Gasteiger partial charge in [0, 0.05) is 4.47 Å². The molecule has 2 aromatic rings. The van der Waals surface area contributed by atoms with Gasteiger partial charge in [-0.2, -0.15) is 0 Å². The molecule has 19 heavy (non-hydrogen) atoms. The highest BCUT2D eigenvalue weighted by molar-refractivity contribution is 9.10. The third kappa shape index (κ3) is 2.97. The van der Waals surface area contributed by atoms with Gasteiger partial charge in [0.15, 0.2) is 0 Å². The van der Waals surface area contributed by atoms with Gasteiger partial charge in [0.05, 0.1) is 12.1 Å². The number of nitro groups is 1. The number of benzene rings is 1. The SMILES string of the molecule is O=C(O)c1ccc(Cn2cnc([N+](=O)[O-])c2)c(Br)c1. The zero-order valence-electron chi connectivity index (χ0n) is 9.49. The van der Waals surface area contributed by atoms with Crippen molar-refractivity contribution in [1.29, 1.82) is 0 Å². The van der Waals surface area contributed by atoms with E-state index in [4.69, 9.17) is 5.11 Å². The molecule has 0 radical (unpaired) electrons. The first kappa shape index (κ1) is 13.2. The topological polar surface area (TPSA) is 98.3 Å². The lowest BCUT2D eigenvalue weighted by Gasteiger charge is -2.05. The Morgan fingerprint density at radius 2 is 2.26 bits per heavy atom. The normalized spacial score (nSPS) is 10.4. The van der Waals surface area contributed by atoms with Crippen molar-refractivity contribution < 1.29 is 14.8 Å². The van der Waals surface area contributed by atoms with Crippen LogP contribution in [0.15, 0.2) is 35.2 Å². The number of carbonyl (C=O) groups is 1. The number of imidazole rings is 1. The Labute approximate surface area is 115 Å². The Hall–Kier alpha value is -2.22. The van der Waals surface area contributed by atoms with Gasteiger partial charge in [-0.05, 0) is 27.6 Å². The standard InChI is InChI=1S/C11H8BrN3O4/c12-9-3-7(11(16)17)1-2-8(9)4-14-5-10(13-6-14)15(18)19/h1-3,5-6H,4H2,(H,16,17). The van der Waals surface area contributed by atoms with Crippen molar-refractivity contribution in [3.8, 4) is 0 Å². The average molecular weight is 326 g/mol. The van der Waals surface area contributed by atoms with E-state index in [0.29, 0.717) is 11.0 Å². The summed E-state index contributed by atoms with van der Waals surface area (Å²) in [4.78, 5) is 24.4. The largest absolute Gasteiger partial charge is 0.478 e. The molecule has 0 atom stereocenters. The maximum atomic E-state index is 10.8. The van der Waals surface area contributed by atoms with Crippen LogP contribution in [0.3, 0.4) is 0 Å². The first-order valence-corrected chi connectivity index (χ1v) is 5.94. The van der Waals surface area contributed by atoms with Gasteiger partial charge in [-0.3, -0.25) is 0 Å². The van der Waals surface area contributed by atoms with Crippen molar-refractivity contribution in [2.24, 2.45) is 0 Å². The summed E-state index contributed by atoms with van der Waals surface area (Å²) in [6, 6.07) is 4.62. The first-order chi connectivity index (χ1) is 8.97. The van der Waals surface area contributed by atoms with E-state index in [1.165, 1.54) is 24.7 Å². The van der Waals surface area contributed by atoms with E-state index in [1.807, 2.05) is 0 Å². The van der Waals surface area contributed by atoms with E-state index in [-0.39, 0.29) is 11.4 Å². The van der Waals surface area contributed by atoms with Crippen molar-refractivity contribution in [1.82, 2.24) is 9.55 Å². The van der Waals surface area contributed by atoms with Crippen LogP contribution >= 0.6 is 15.9 Å². The quantitative estimate of drug-likeness (QED) is 0.687. The summed E-state index contributed by atoms with van der Waals surface area (Å²) in [7, 11) is 0. The summed E-state index contributed by atoms with van der Waals surface area (Å²) in [5.41, 5.74) is 0.976. The molecule has 2 rings (SSSR count). The van der Waals surface area contributed by atoms with Crippen LogP contribution in [-0.2, 0) is 6.54 Å². The Bertz CT molecular complexity index is 653. The van der Waals surface area contributed by atoms with Crippen molar-refractivity contribution >= 4 is 27.7 Å². The second kappa shape index (κ2) is 5.19. The van der Waals surface area contributed by atoms with E-state index < -0.39 is 10.9 Å². The van der Waals surface area contributed by atoms with Crippen LogP contribution in [0.1, 0.15) is 15.9 Å². The highest BCUT2D eigenvalue weighted by atomic mass is 79.9. The highest BCUT2D eigenvalue weighted by Crippen LogP contribution is 2.20. The molecule has 98 valence electrons. The van der Waals surface area contributed by atoms with E-state index in [0.717, 1.165) is 5.56 Å². The van der Waals surface area contributed by atoms with Crippen LogP contribution in [-0.4, -0.2) is 25.6 Å². The van der Waals surface area contributed by atoms with Crippen LogP contribution in [0.25, 0.3) is 0 Å². The predicted octanol–water partition coefficient (Wildman–Crippen LogP) is 2.30. The first-order valence-electron chi connectivity index (χ1n) is 5.15. The number of halogens is 1. The number of carboxylic acids is 1. The van der Waals surface area contributed by atoms with Crippen LogP contribution in [0.4, 0.5) is 5.82 Å². The van der Waals surface area contributed by atoms with E-state index in [9.17, 15) is 14.9 Å². The summed E-state index contributed by atoms with van der Waals surface area (Å²) in [6.45, 7) is 0.362. The van der Waals surface area contributed by atoms with Gasteiger partial charge in [0.2, 0.25) is 6.33 Å². The summed E-state index contributed by atoms with van der Waals surface area (Å²) in [5, 5.41) is 19.4. The number of hydrogen-bond acceptors (Lipinski definition) is 4. The van der Waals surface area contributed by atoms with E-state index in [1.54, 1.807) is 10.6 Å². The minimum absolute atomic E-state index is 0.173. The lowest BCUT2D eigenvalue weighted by Crippen LogP contribution is -2.01. The van der Waals surface area contributed by atoms with Gasteiger partial charge < -0.3 is 19.8 Å². The monoisotopic (exact) mass is 325 g/mol. The maximum absolute atomic E-state index is 10.8. The molecule has 0 saturated carbocycles. The number of aromatic nitrogens is 2. The zero-order chi connectivity index (χ0) is 14.0. The third-order valence-electron chi connectivity index (χ3n) is 2.46. The molecular formula is C11H8BrN3O4. The fourth-order valence-electron chi connectivity index (χ4n) is 1.53. The van der Waals surface area contributed by atoms with Gasteiger partial charge in [-0.25, -0.2) is 4.79 Å². The molecule has 0 aliphatic rings. The molecule has 0 fully saturated rings.